The zero-order chi connectivity index (χ0) is 66.2. The molecule has 96 heavy (non-hydrogen) atoms. The molecule has 8 heteroatoms. The predicted octanol–water partition coefficient (Wildman–Crippen LogP) is 21.6. The fraction of sp³-hybridized carbons (Fsp3) is 0.136. The molecule has 0 aromatic heterocycles. The molecule has 464 valence electrons. The van der Waals surface area contributed by atoms with Crippen LogP contribution >= 0.6 is 0 Å². The third-order valence-corrected chi connectivity index (χ3v) is 19.0. The van der Waals surface area contributed by atoms with E-state index in [4.69, 9.17) is 0 Å². The maximum atomic E-state index is 16.1. The van der Waals surface area contributed by atoms with Crippen LogP contribution in [-0.4, -0.2) is 23.6 Å². The normalized spacial score (nSPS) is 12.8. The Morgan fingerprint density at radius 1 is 0.271 bits per heavy atom. The smallest absolute Gasteiger partial charge is 0.266 e. The average molecular weight is 1250 g/mol. The van der Waals surface area contributed by atoms with E-state index < -0.39 is 23.6 Å². The van der Waals surface area contributed by atoms with Crippen molar-refractivity contribution in [2.45, 2.75) is 79.1 Å². The molecule has 15 rings (SSSR count). The summed E-state index contributed by atoms with van der Waals surface area (Å²) in [7, 11) is 0. The summed E-state index contributed by atoms with van der Waals surface area (Å²) in [4.78, 5) is 70.9. The lowest BCUT2D eigenvalue weighted by molar-refractivity contribution is 0.0877. The van der Waals surface area contributed by atoms with Gasteiger partial charge < -0.3 is 9.80 Å². The van der Waals surface area contributed by atoms with Crippen molar-refractivity contribution < 1.29 is 19.2 Å². The Kier molecular flexibility index (Phi) is 15.3. The van der Waals surface area contributed by atoms with Gasteiger partial charge in [-0.05, 0) is 178 Å². The number of para-hydroxylation sites is 6. The Bertz CT molecular complexity index is 4970. The van der Waals surface area contributed by atoms with Gasteiger partial charge in [0.25, 0.3) is 23.6 Å². The molecule has 0 fully saturated rings. The number of carbonyl (C=O) groups excluding carboxylic acids is 4. The van der Waals surface area contributed by atoms with Gasteiger partial charge in [0, 0.05) is 99.8 Å². The molecular weight excluding hydrogens is 1180 g/mol. The quantitative estimate of drug-likeness (QED) is 0.0525. The van der Waals surface area contributed by atoms with Crippen molar-refractivity contribution in [2.24, 2.45) is 0 Å². The number of nitrogens with zero attached hydrogens (tertiary/aromatic N) is 4. The molecule has 0 spiro atoms. The number of carbonyl (C=O) groups is 4. The molecule has 8 nitrogen and oxygen atoms in total. The Balaban J connectivity index is 0.994. The van der Waals surface area contributed by atoms with E-state index in [1.54, 1.807) is 0 Å². The van der Waals surface area contributed by atoms with Gasteiger partial charge in [-0.1, -0.05) is 200 Å². The van der Waals surface area contributed by atoms with E-state index in [0.29, 0.717) is 87.8 Å². The molecule has 0 saturated carbocycles. The minimum absolute atomic E-state index is 0.0150. The van der Waals surface area contributed by atoms with Crippen molar-refractivity contribution in [2.75, 3.05) is 19.6 Å². The minimum atomic E-state index is -0.447. The highest BCUT2D eigenvalue weighted by atomic mass is 16.2. The maximum absolute atomic E-state index is 16.1. The van der Waals surface area contributed by atoms with Gasteiger partial charge in [-0.3, -0.25) is 19.2 Å². The summed E-state index contributed by atoms with van der Waals surface area (Å²) in [6.07, 6.45) is 0. The lowest BCUT2D eigenvalue weighted by atomic mass is 9.79. The van der Waals surface area contributed by atoms with Gasteiger partial charge in [-0.25, -0.2) is 9.80 Å². The summed E-state index contributed by atoms with van der Waals surface area (Å²) in [5.41, 5.74) is 14.7. The minimum Gasteiger partial charge on any atom is -0.311 e. The number of imide groups is 2. The van der Waals surface area contributed by atoms with Crippen LogP contribution in [0, 0.1) is 23.7 Å². The van der Waals surface area contributed by atoms with E-state index in [1.807, 2.05) is 170 Å². The monoisotopic (exact) mass is 1240 g/mol. The van der Waals surface area contributed by atoms with Gasteiger partial charge in [0.15, 0.2) is 0 Å². The van der Waals surface area contributed by atoms with Gasteiger partial charge in [-0.15, -0.1) is 0 Å². The standard InChI is InChI=1S/C88H68N4O4/c1-53(2)67-31-21-32-68(54(3)4)83(67)91-85(93)73-49-47-71-78-60(42-36-58-39-45-66(46-40-58)90(63-27-17-11-18-28-63)64-29-19-12-20-30-64)52-76-80-74(86(94)92(88(76)96)84-69(55(5)6)33-22-34-70(84)56(7)8)50-48-72(82(78)80)77-59(51-75(87(91)95)79(73)81(71)77)41-35-57-37-43-65(44-38-57)89(61-23-13-9-14-24-61)62-25-15-10-16-26-62/h9-34,37-40,43-56H,1-8H3. The van der Waals surface area contributed by atoms with Crippen molar-refractivity contribution in [1.82, 2.24) is 0 Å². The molecule has 2 heterocycles. The molecule has 2 aliphatic rings. The Morgan fingerprint density at radius 2 is 0.552 bits per heavy atom. The molecule has 13 aromatic rings. The summed E-state index contributed by atoms with van der Waals surface area (Å²) in [6.45, 7) is 16.7. The Morgan fingerprint density at radius 3 is 0.844 bits per heavy atom. The van der Waals surface area contributed by atoms with E-state index >= 15 is 19.2 Å². The van der Waals surface area contributed by atoms with Crippen LogP contribution in [0.15, 0.2) is 243 Å². The Labute approximate surface area is 560 Å². The summed E-state index contributed by atoms with van der Waals surface area (Å²) >= 11 is 0. The zero-order valence-corrected chi connectivity index (χ0v) is 54.8. The SMILES string of the molecule is CC(C)c1cccc(C(C)C)c1N1C(=O)c2ccc3c4c(C#Cc5ccc(N(c6ccccc6)c6ccccc6)cc5)cc5c6c(ccc(c7c(C#Cc8ccc(N(c9ccccc9)c9ccccc9)cc8)cc(c2c37)C1=O)c64)C(=O)N(c1c(C(C)C)cccc1C(C)C)C5=O. The predicted molar refractivity (Wildman–Crippen MR) is 393 cm³/mol. The molecule has 2 aliphatic heterocycles. The summed E-state index contributed by atoms with van der Waals surface area (Å²) in [5.74, 6) is 12.5. The van der Waals surface area contributed by atoms with Crippen LogP contribution in [0.4, 0.5) is 45.5 Å². The lowest BCUT2D eigenvalue weighted by Gasteiger charge is -2.34. The fourth-order valence-electron chi connectivity index (χ4n) is 14.5. The van der Waals surface area contributed by atoms with Crippen molar-refractivity contribution in [3.05, 3.63) is 309 Å². The second-order valence-electron chi connectivity index (χ2n) is 26.2. The van der Waals surface area contributed by atoms with Crippen molar-refractivity contribution >= 4 is 112 Å². The first-order valence-corrected chi connectivity index (χ1v) is 33.0. The molecule has 0 radical (unpaired) electrons. The molecule has 0 N–H and O–H groups in total. The van der Waals surface area contributed by atoms with Crippen molar-refractivity contribution in [3.63, 3.8) is 0 Å². The highest BCUT2D eigenvalue weighted by molar-refractivity contribution is 6.46. The molecule has 0 aliphatic carbocycles. The van der Waals surface area contributed by atoms with Crippen LogP contribution < -0.4 is 19.6 Å². The molecule has 4 amide bonds. The molecular formula is C88H68N4O4. The first kappa shape index (κ1) is 60.4. The van der Waals surface area contributed by atoms with Crippen LogP contribution in [-0.2, 0) is 0 Å². The van der Waals surface area contributed by atoms with Gasteiger partial charge in [0.05, 0.1) is 22.5 Å². The van der Waals surface area contributed by atoms with Crippen LogP contribution in [0.5, 0.6) is 0 Å². The van der Waals surface area contributed by atoms with Crippen LogP contribution in [0.2, 0.25) is 0 Å². The molecule has 0 atom stereocenters. The molecule has 0 saturated heterocycles. The number of anilines is 8. The number of hydrogen-bond donors (Lipinski definition) is 0. The summed E-state index contributed by atoms with van der Waals surface area (Å²) in [6, 6.07) is 80.7. The topological polar surface area (TPSA) is 81.2 Å². The third-order valence-electron chi connectivity index (χ3n) is 19.0. The Hall–Kier alpha value is -11.8. The number of fused-ring (bicyclic) bond motifs is 2. The second-order valence-corrected chi connectivity index (χ2v) is 26.2. The fourth-order valence-corrected chi connectivity index (χ4v) is 14.5. The summed E-state index contributed by atoms with van der Waals surface area (Å²) in [5, 5.41) is 5.14. The van der Waals surface area contributed by atoms with E-state index in [2.05, 4.69) is 162 Å². The summed E-state index contributed by atoms with van der Waals surface area (Å²) < 4.78 is 0. The largest absolute Gasteiger partial charge is 0.311 e. The lowest BCUT2D eigenvalue weighted by Crippen LogP contribution is -2.42. The number of benzene rings is 13. The van der Waals surface area contributed by atoms with Gasteiger partial charge in [0.1, 0.15) is 0 Å². The van der Waals surface area contributed by atoms with E-state index in [9.17, 15) is 0 Å². The average Bonchev–Trinajstić information content (AvgIpc) is 0.680. The highest BCUT2D eigenvalue weighted by Gasteiger charge is 2.42. The number of amides is 4. The third kappa shape index (κ3) is 10.0. The zero-order valence-electron chi connectivity index (χ0n) is 54.8. The van der Waals surface area contributed by atoms with Crippen LogP contribution in [0.25, 0.3) is 43.1 Å². The maximum Gasteiger partial charge on any atom is 0.266 e. The van der Waals surface area contributed by atoms with Crippen molar-refractivity contribution in [1.29, 1.82) is 0 Å². The molecule has 0 unspecified atom stereocenters. The van der Waals surface area contributed by atoms with Crippen LogP contribution in [0.1, 0.15) is 165 Å². The van der Waals surface area contributed by atoms with Gasteiger partial charge in [0.2, 0.25) is 0 Å². The molecule has 0 bridgehead atoms. The highest BCUT2D eigenvalue weighted by Crippen LogP contribution is 2.51. The van der Waals surface area contributed by atoms with Crippen LogP contribution in [0.3, 0.4) is 0 Å². The molecule has 13 aromatic carbocycles. The number of rotatable bonds is 12. The van der Waals surface area contributed by atoms with Crippen molar-refractivity contribution in [3.8, 4) is 23.7 Å². The van der Waals surface area contributed by atoms with E-state index in [0.717, 1.165) is 67.5 Å². The van der Waals surface area contributed by atoms with Gasteiger partial charge >= 0.3 is 0 Å². The van der Waals surface area contributed by atoms with E-state index in [-0.39, 0.29) is 23.7 Å². The second kappa shape index (κ2) is 24.2. The first-order valence-electron chi connectivity index (χ1n) is 33.0. The number of hydrogen-bond acceptors (Lipinski definition) is 6. The van der Waals surface area contributed by atoms with Gasteiger partial charge in [-0.2, -0.15) is 0 Å². The first-order chi connectivity index (χ1) is 46.7. The van der Waals surface area contributed by atoms with E-state index in [1.165, 1.54) is 9.80 Å².